The van der Waals surface area contributed by atoms with Crippen molar-refractivity contribution in [2.45, 2.75) is 62.9 Å². The van der Waals surface area contributed by atoms with Gasteiger partial charge in [0.25, 0.3) is 0 Å². The molecule has 0 saturated carbocycles. The van der Waals surface area contributed by atoms with Gasteiger partial charge in [0.2, 0.25) is 10.0 Å². The molecule has 2 atom stereocenters. The molecule has 2 unspecified atom stereocenters. The molecule has 0 spiro atoms. The smallest absolute Gasteiger partial charge is 0.207 e. The van der Waals surface area contributed by atoms with Crippen molar-refractivity contribution in [1.29, 1.82) is 0 Å². The van der Waals surface area contributed by atoms with Crippen LogP contribution in [-0.2, 0) is 15.9 Å². The highest BCUT2D eigenvalue weighted by molar-refractivity contribution is 7.89. The third kappa shape index (κ3) is 2.96. The van der Waals surface area contributed by atoms with Crippen molar-refractivity contribution in [2.75, 3.05) is 0 Å². The molecular formula is C15H21ClFNO2S. The van der Waals surface area contributed by atoms with E-state index in [2.05, 4.69) is 0 Å². The average molecular weight is 334 g/mol. The van der Waals surface area contributed by atoms with Crippen LogP contribution in [0, 0.1) is 12.7 Å². The highest BCUT2D eigenvalue weighted by Crippen LogP contribution is 2.34. The van der Waals surface area contributed by atoms with Crippen molar-refractivity contribution >= 4 is 21.6 Å². The summed E-state index contributed by atoms with van der Waals surface area (Å²) in [5.74, 6) is -0.432. The lowest BCUT2D eigenvalue weighted by molar-refractivity contribution is 0.328. The number of alkyl halides is 1. The molecule has 3 nitrogen and oxygen atoms in total. The summed E-state index contributed by atoms with van der Waals surface area (Å²) in [6, 6.07) is 2.74. The second kappa shape index (κ2) is 6.23. The maximum absolute atomic E-state index is 14.0. The van der Waals surface area contributed by atoms with Crippen LogP contribution in [0.4, 0.5) is 4.39 Å². The molecule has 0 radical (unpaired) electrons. The Kier molecular flexibility index (Phi) is 4.96. The molecule has 0 amide bonds. The maximum Gasteiger partial charge on any atom is 0.243 e. The summed E-state index contributed by atoms with van der Waals surface area (Å²) in [6.07, 6.45) is 2.46. The lowest BCUT2D eigenvalue weighted by Gasteiger charge is -2.28. The lowest BCUT2D eigenvalue weighted by atomic mass is 10.1. The van der Waals surface area contributed by atoms with E-state index in [0.29, 0.717) is 5.56 Å². The van der Waals surface area contributed by atoms with E-state index in [1.54, 1.807) is 4.31 Å². The fourth-order valence-corrected chi connectivity index (χ4v) is 5.42. The summed E-state index contributed by atoms with van der Waals surface area (Å²) in [7, 11) is -3.70. The van der Waals surface area contributed by atoms with E-state index in [0.717, 1.165) is 19.3 Å². The van der Waals surface area contributed by atoms with Crippen LogP contribution in [0.15, 0.2) is 17.0 Å². The Morgan fingerprint density at radius 2 is 2.05 bits per heavy atom. The zero-order valence-electron chi connectivity index (χ0n) is 12.6. The Labute approximate surface area is 131 Å². The van der Waals surface area contributed by atoms with Gasteiger partial charge in [-0.25, -0.2) is 12.8 Å². The van der Waals surface area contributed by atoms with E-state index in [1.165, 1.54) is 19.1 Å². The maximum atomic E-state index is 14.0. The third-order valence-electron chi connectivity index (χ3n) is 4.25. The largest absolute Gasteiger partial charge is 0.243 e. The number of hydrogen-bond donors (Lipinski definition) is 0. The quantitative estimate of drug-likeness (QED) is 0.785. The topological polar surface area (TPSA) is 37.4 Å². The molecule has 1 aliphatic rings. The second-order valence-corrected chi connectivity index (χ2v) is 7.74. The zero-order chi connectivity index (χ0) is 15.8. The average Bonchev–Trinajstić information content (AvgIpc) is 2.83. The van der Waals surface area contributed by atoms with Gasteiger partial charge in [-0.2, -0.15) is 4.31 Å². The Hall–Kier alpha value is -0.650. The predicted molar refractivity (Wildman–Crippen MR) is 82.5 cm³/mol. The van der Waals surface area contributed by atoms with Crippen LogP contribution in [0.2, 0.25) is 0 Å². The summed E-state index contributed by atoms with van der Waals surface area (Å²) in [4.78, 5) is 0.0466. The molecule has 1 aromatic rings. The van der Waals surface area contributed by atoms with Gasteiger partial charge >= 0.3 is 0 Å². The Morgan fingerprint density at radius 1 is 1.38 bits per heavy atom. The number of nitrogens with zero attached hydrogens (tertiary/aromatic N) is 1. The molecule has 21 heavy (non-hydrogen) atoms. The second-order valence-electron chi connectivity index (χ2n) is 5.66. The number of halogens is 2. The SMILES string of the molecule is CCC1CCC(C)N1S(=O)(=O)c1cc(CCl)cc(F)c1C. The van der Waals surface area contributed by atoms with Crippen LogP contribution in [0.1, 0.15) is 44.2 Å². The highest BCUT2D eigenvalue weighted by atomic mass is 35.5. The Morgan fingerprint density at radius 3 is 2.62 bits per heavy atom. The Bertz CT molecular complexity index is 633. The van der Waals surface area contributed by atoms with Crippen molar-refractivity contribution in [3.05, 3.63) is 29.1 Å². The van der Waals surface area contributed by atoms with Crippen molar-refractivity contribution < 1.29 is 12.8 Å². The summed E-state index contributed by atoms with van der Waals surface area (Å²) >= 11 is 5.74. The summed E-state index contributed by atoms with van der Waals surface area (Å²) < 4.78 is 41.5. The molecule has 0 aromatic heterocycles. The van der Waals surface area contributed by atoms with Gasteiger partial charge < -0.3 is 0 Å². The van der Waals surface area contributed by atoms with Crippen molar-refractivity contribution in [1.82, 2.24) is 4.31 Å². The lowest BCUT2D eigenvalue weighted by Crippen LogP contribution is -2.40. The van der Waals surface area contributed by atoms with Gasteiger partial charge in [0, 0.05) is 23.5 Å². The molecule has 0 bridgehead atoms. The Balaban J connectivity index is 2.56. The molecule has 1 saturated heterocycles. The van der Waals surface area contributed by atoms with Gasteiger partial charge in [-0.15, -0.1) is 11.6 Å². The highest BCUT2D eigenvalue weighted by Gasteiger charge is 2.40. The number of rotatable bonds is 4. The van der Waals surface area contributed by atoms with E-state index in [9.17, 15) is 12.8 Å². The van der Waals surface area contributed by atoms with E-state index in [4.69, 9.17) is 11.6 Å². The molecular weight excluding hydrogens is 313 g/mol. The molecule has 6 heteroatoms. The molecule has 2 rings (SSSR count). The zero-order valence-corrected chi connectivity index (χ0v) is 14.1. The van der Waals surface area contributed by atoms with E-state index >= 15 is 0 Å². The van der Waals surface area contributed by atoms with E-state index in [-0.39, 0.29) is 28.4 Å². The van der Waals surface area contributed by atoms with Crippen molar-refractivity contribution in [2.24, 2.45) is 0 Å². The number of sulfonamides is 1. The minimum absolute atomic E-state index is 0.00730. The van der Waals surface area contributed by atoms with Crippen LogP contribution >= 0.6 is 11.6 Å². The predicted octanol–water partition coefficient (Wildman–Crippen LogP) is 3.82. The van der Waals surface area contributed by atoms with Crippen molar-refractivity contribution in [3.8, 4) is 0 Å². The molecule has 1 heterocycles. The first-order chi connectivity index (χ1) is 9.82. The van der Waals surface area contributed by atoms with Gasteiger partial charge in [-0.05, 0) is 50.8 Å². The molecule has 0 aliphatic carbocycles. The van der Waals surface area contributed by atoms with Crippen LogP contribution in [0.25, 0.3) is 0 Å². The first kappa shape index (κ1) is 16.7. The summed E-state index contributed by atoms with van der Waals surface area (Å²) in [5.41, 5.74) is 0.649. The number of hydrogen-bond acceptors (Lipinski definition) is 2. The molecule has 118 valence electrons. The number of benzene rings is 1. The van der Waals surface area contributed by atoms with Gasteiger partial charge in [-0.1, -0.05) is 6.92 Å². The normalized spacial score (nSPS) is 23.7. The van der Waals surface area contributed by atoms with E-state index < -0.39 is 15.8 Å². The monoisotopic (exact) mass is 333 g/mol. The minimum atomic E-state index is -3.70. The molecule has 1 aromatic carbocycles. The van der Waals surface area contributed by atoms with Gasteiger partial charge in [0.15, 0.2) is 0 Å². The standard InChI is InChI=1S/C15H21ClFNO2S/c1-4-13-6-5-10(2)18(13)21(19,20)15-8-12(9-16)7-14(17)11(15)3/h7-8,10,13H,4-6,9H2,1-3H3. The minimum Gasteiger partial charge on any atom is -0.207 e. The van der Waals surface area contributed by atoms with Crippen LogP contribution < -0.4 is 0 Å². The van der Waals surface area contributed by atoms with Gasteiger partial charge in [-0.3, -0.25) is 0 Å². The van der Waals surface area contributed by atoms with Crippen molar-refractivity contribution in [3.63, 3.8) is 0 Å². The first-order valence-corrected chi connectivity index (χ1v) is 9.18. The van der Waals surface area contributed by atoms with Crippen LogP contribution in [-0.4, -0.2) is 24.8 Å². The van der Waals surface area contributed by atoms with Crippen LogP contribution in [0.3, 0.4) is 0 Å². The fraction of sp³-hybridized carbons (Fsp3) is 0.600. The summed E-state index contributed by atoms with van der Waals surface area (Å²) in [6.45, 7) is 5.39. The van der Waals surface area contributed by atoms with Gasteiger partial charge in [0.1, 0.15) is 5.82 Å². The molecule has 0 N–H and O–H groups in total. The summed E-state index contributed by atoms with van der Waals surface area (Å²) in [5, 5.41) is 0. The third-order valence-corrected chi connectivity index (χ3v) is 6.75. The molecule has 1 aliphatic heterocycles. The molecule has 1 fully saturated rings. The van der Waals surface area contributed by atoms with Crippen LogP contribution in [0.5, 0.6) is 0 Å². The fourth-order valence-electron chi connectivity index (χ4n) is 3.03. The van der Waals surface area contributed by atoms with E-state index in [1.807, 2.05) is 13.8 Å². The van der Waals surface area contributed by atoms with Gasteiger partial charge in [0.05, 0.1) is 4.90 Å². The first-order valence-electron chi connectivity index (χ1n) is 7.21.